The lowest BCUT2D eigenvalue weighted by molar-refractivity contribution is -0.132. The predicted molar refractivity (Wildman–Crippen MR) is 109 cm³/mol. The summed E-state index contributed by atoms with van der Waals surface area (Å²) in [7, 11) is -3.75. The molecule has 0 bridgehead atoms. The van der Waals surface area contributed by atoms with Crippen LogP contribution in [0.3, 0.4) is 0 Å². The second-order valence-electron chi connectivity index (χ2n) is 7.01. The number of amides is 1. The summed E-state index contributed by atoms with van der Waals surface area (Å²) in [5.41, 5.74) is 0. The van der Waals surface area contributed by atoms with Crippen LogP contribution in [0.25, 0.3) is 0 Å². The van der Waals surface area contributed by atoms with Crippen LogP contribution in [0.1, 0.15) is 32.6 Å². The SMILES string of the molecule is CCCCN(C(=O)[C@H]1CCCN(S(=O)(=O)c2ccc(F)cc2)C1)C1=NCCS1. The van der Waals surface area contributed by atoms with Crippen LogP contribution in [-0.2, 0) is 14.8 Å². The lowest BCUT2D eigenvalue weighted by Gasteiger charge is -2.34. The van der Waals surface area contributed by atoms with Gasteiger partial charge in [-0.1, -0.05) is 25.1 Å². The Labute approximate surface area is 170 Å². The standard InChI is InChI=1S/C19H26FN3O3S2/c1-2-3-12-23(19-21-10-13-27-19)18(24)15-5-4-11-22(14-15)28(25,26)17-8-6-16(20)7-9-17/h6-9,15H,2-5,10-14H2,1H3/t15-/m0/s1. The number of benzene rings is 1. The van der Waals surface area contributed by atoms with E-state index in [0.29, 0.717) is 32.5 Å². The lowest BCUT2D eigenvalue weighted by Crippen LogP contribution is -2.48. The largest absolute Gasteiger partial charge is 0.291 e. The Morgan fingerprint density at radius 1 is 1.36 bits per heavy atom. The second kappa shape index (κ2) is 9.37. The number of carbonyl (C=O) groups is 1. The number of nitrogens with zero attached hydrogens (tertiary/aromatic N) is 3. The molecule has 0 unspecified atom stereocenters. The molecule has 1 amide bonds. The number of thioether (sulfide) groups is 1. The Kier molecular flexibility index (Phi) is 7.11. The molecule has 0 N–H and O–H groups in total. The van der Waals surface area contributed by atoms with Crippen molar-refractivity contribution in [3.63, 3.8) is 0 Å². The summed E-state index contributed by atoms with van der Waals surface area (Å²) in [4.78, 5) is 19.5. The van der Waals surface area contributed by atoms with E-state index < -0.39 is 15.8 Å². The molecule has 0 aromatic heterocycles. The third-order valence-corrected chi connectivity index (χ3v) is 7.86. The first-order valence-electron chi connectivity index (χ1n) is 9.68. The minimum absolute atomic E-state index is 0.0411. The maximum absolute atomic E-state index is 13.2. The summed E-state index contributed by atoms with van der Waals surface area (Å²) < 4.78 is 40.3. The van der Waals surface area contributed by atoms with Gasteiger partial charge in [-0.3, -0.25) is 14.7 Å². The third kappa shape index (κ3) is 4.75. The van der Waals surface area contributed by atoms with Crippen LogP contribution in [-0.4, -0.2) is 60.6 Å². The molecule has 2 aliphatic rings. The summed E-state index contributed by atoms with van der Waals surface area (Å²) in [6.45, 7) is 3.92. The molecule has 6 nitrogen and oxygen atoms in total. The van der Waals surface area contributed by atoms with Crippen molar-refractivity contribution in [2.45, 2.75) is 37.5 Å². The normalized spacial score (nSPS) is 20.8. The van der Waals surface area contributed by atoms with E-state index in [4.69, 9.17) is 0 Å². The fourth-order valence-electron chi connectivity index (χ4n) is 3.44. The van der Waals surface area contributed by atoms with Crippen molar-refractivity contribution < 1.29 is 17.6 Å². The van der Waals surface area contributed by atoms with Gasteiger partial charge in [0.05, 0.1) is 17.4 Å². The van der Waals surface area contributed by atoms with Gasteiger partial charge in [0, 0.05) is 25.4 Å². The number of unbranched alkanes of at least 4 members (excludes halogenated alkanes) is 1. The van der Waals surface area contributed by atoms with E-state index in [1.54, 1.807) is 16.7 Å². The fraction of sp³-hybridized carbons (Fsp3) is 0.579. The highest BCUT2D eigenvalue weighted by Gasteiger charge is 2.36. The van der Waals surface area contributed by atoms with E-state index in [1.807, 2.05) is 0 Å². The van der Waals surface area contributed by atoms with Crippen LogP contribution in [0.5, 0.6) is 0 Å². The minimum atomic E-state index is -3.75. The highest BCUT2D eigenvalue weighted by atomic mass is 32.2. The van der Waals surface area contributed by atoms with Crippen molar-refractivity contribution in [1.82, 2.24) is 9.21 Å². The average Bonchev–Trinajstić information content (AvgIpc) is 3.23. The Hall–Kier alpha value is -1.45. The van der Waals surface area contributed by atoms with E-state index in [2.05, 4.69) is 11.9 Å². The zero-order valence-corrected chi connectivity index (χ0v) is 17.6. The van der Waals surface area contributed by atoms with Gasteiger partial charge in [0.2, 0.25) is 15.9 Å². The highest BCUT2D eigenvalue weighted by Crippen LogP contribution is 2.27. The topological polar surface area (TPSA) is 70.1 Å². The molecule has 2 aliphatic heterocycles. The third-order valence-electron chi connectivity index (χ3n) is 4.99. The van der Waals surface area contributed by atoms with Gasteiger partial charge in [0.25, 0.3) is 0 Å². The molecule has 0 spiro atoms. The van der Waals surface area contributed by atoms with Gasteiger partial charge in [0.1, 0.15) is 5.82 Å². The summed E-state index contributed by atoms with van der Waals surface area (Å²) in [6.07, 6.45) is 3.14. The zero-order valence-electron chi connectivity index (χ0n) is 16.0. The van der Waals surface area contributed by atoms with Crippen molar-refractivity contribution in [3.8, 4) is 0 Å². The van der Waals surface area contributed by atoms with Crippen molar-refractivity contribution in [1.29, 1.82) is 0 Å². The Bertz CT molecular complexity index is 827. The smallest absolute Gasteiger partial charge is 0.243 e. The molecule has 0 saturated carbocycles. The first-order valence-corrected chi connectivity index (χ1v) is 12.1. The molecule has 3 rings (SSSR count). The number of halogens is 1. The quantitative estimate of drug-likeness (QED) is 0.700. The Morgan fingerprint density at radius 3 is 2.75 bits per heavy atom. The van der Waals surface area contributed by atoms with Gasteiger partial charge in [0.15, 0.2) is 5.17 Å². The Morgan fingerprint density at radius 2 is 2.11 bits per heavy atom. The van der Waals surface area contributed by atoms with Crippen LogP contribution < -0.4 is 0 Å². The van der Waals surface area contributed by atoms with E-state index in [-0.39, 0.29) is 23.3 Å². The van der Waals surface area contributed by atoms with Crippen molar-refractivity contribution in [2.24, 2.45) is 10.9 Å². The number of carbonyl (C=O) groups excluding carboxylic acids is 1. The number of hydrogen-bond donors (Lipinski definition) is 0. The fourth-order valence-corrected chi connectivity index (χ4v) is 5.85. The molecular weight excluding hydrogens is 401 g/mol. The van der Waals surface area contributed by atoms with Gasteiger partial charge in [-0.2, -0.15) is 4.31 Å². The molecule has 2 heterocycles. The van der Waals surface area contributed by atoms with Crippen LogP contribution in [0.2, 0.25) is 0 Å². The van der Waals surface area contributed by atoms with Crippen molar-refractivity contribution in [3.05, 3.63) is 30.1 Å². The molecule has 1 fully saturated rings. The Balaban J connectivity index is 1.75. The van der Waals surface area contributed by atoms with Gasteiger partial charge in [-0.15, -0.1) is 0 Å². The molecule has 28 heavy (non-hydrogen) atoms. The first kappa shape index (κ1) is 21.3. The molecule has 1 atom stereocenters. The molecule has 154 valence electrons. The molecule has 1 aromatic rings. The van der Waals surface area contributed by atoms with Gasteiger partial charge < -0.3 is 0 Å². The summed E-state index contributed by atoms with van der Waals surface area (Å²) in [5.74, 6) is -0.0292. The monoisotopic (exact) mass is 427 g/mol. The van der Waals surface area contributed by atoms with Crippen LogP contribution in [0.4, 0.5) is 4.39 Å². The number of amidine groups is 1. The number of aliphatic imine (C=N–C) groups is 1. The number of piperidine rings is 1. The number of hydrogen-bond acceptors (Lipinski definition) is 5. The average molecular weight is 428 g/mol. The predicted octanol–water partition coefficient (Wildman–Crippen LogP) is 2.96. The lowest BCUT2D eigenvalue weighted by atomic mass is 9.98. The second-order valence-corrected chi connectivity index (χ2v) is 10.0. The van der Waals surface area contributed by atoms with Gasteiger partial charge in [-0.05, 0) is 43.5 Å². The maximum atomic E-state index is 13.2. The summed E-state index contributed by atoms with van der Waals surface area (Å²) in [6, 6.07) is 4.82. The zero-order chi connectivity index (χ0) is 20.1. The van der Waals surface area contributed by atoms with Crippen LogP contribution in [0.15, 0.2) is 34.2 Å². The molecule has 1 saturated heterocycles. The molecule has 0 radical (unpaired) electrons. The minimum Gasteiger partial charge on any atom is -0.291 e. The van der Waals surface area contributed by atoms with E-state index in [0.717, 1.165) is 35.9 Å². The van der Waals surface area contributed by atoms with Crippen molar-refractivity contribution >= 4 is 32.9 Å². The number of rotatable bonds is 6. The number of sulfonamides is 1. The van der Waals surface area contributed by atoms with E-state index >= 15 is 0 Å². The van der Waals surface area contributed by atoms with Gasteiger partial charge in [-0.25, -0.2) is 12.8 Å². The van der Waals surface area contributed by atoms with Crippen LogP contribution >= 0.6 is 11.8 Å². The van der Waals surface area contributed by atoms with Crippen molar-refractivity contribution in [2.75, 3.05) is 31.9 Å². The van der Waals surface area contributed by atoms with E-state index in [9.17, 15) is 17.6 Å². The van der Waals surface area contributed by atoms with Gasteiger partial charge >= 0.3 is 0 Å². The molecule has 1 aromatic carbocycles. The summed E-state index contributed by atoms with van der Waals surface area (Å²) >= 11 is 1.59. The summed E-state index contributed by atoms with van der Waals surface area (Å²) in [5, 5.41) is 0.761. The molecule has 9 heteroatoms. The highest BCUT2D eigenvalue weighted by molar-refractivity contribution is 8.14. The maximum Gasteiger partial charge on any atom is 0.243 e. The molecule has 0 aliphatic carbocycles. The van der Waals surface area contributed by atoms with E-state index in [1.165, 1.54) is 16.4 Å². The van der Waals surface area contributed by atoms with Crippen LogP contribution in [0, 0.1) is 11.7 Å². The molecular formula is C19H26FN3O3S2. The first-order chi connectivity index (χ1) is 13.4.